The Bertz CT molecular complexity index is 494. The molecule has 1 aliphatic heterocycles. The smallest absolute Gasteiger partial charge is 0.417 e. The number of hydrogen-bond donors (Lipinski definition) is 3. The first-order valence-corrected chi connectivity index (χ1v) is 7.14. The molecular weight excluding hydrogens is 321 g/mol. The Morgan fingerprint density at radius 1 is 1.22 bits per heavy atom. The van der Waals surface area contributed by atoms with Crippen molar-refractivity contribution in [3.05, 3.63) is 0 Å². The number of alkyl halides is 3. The van der Waals surface area contributed by atoms with E-state index in [1.54, 1.807) is 13.8 Å². The normalized spacial score (nSPS) is 37.9. The maximum absolute atomic E-state index is 12.7. The van der Waals surface area contributed by atoms with Gasteiger partial charge in [0.15, 0.2) is 5.60 Å². The topological polar surface area (TPSA) is 99.1 Å². The molecule has 2 aliphatic rings. The lowest BCUT2D eigenvalue weighted by molar-refractivity contribution is -0.302. The van der Waals surface area contributed by atoms with Gasteiger partial charge in [0.1, 0.15) is 5.54 Å². The third-order valence-electron chi connectivity index (χ3n) is 4.18. The molecule has 10 heteroatoms. The van der Waals surface area contributed by atoms with Crippen molar-refractivity contribution in [3.8, 4) is 0 Å². The molecule has 1 heterocycles. The van der Waals surface area contributed by atoms with Gasteiger partial charge in [-0.3, -0.25) is 0 Å². The van der Waals surface area contributed by atoms with Crippen molar-refractivity contribution in [2.24, 2.45) is 0 Å². The molecule has 0 spiro atoms. The van der Waals surface area contributed by atoms with E-state index in [0.29, 0.717) is 0 Å². The number of halogens is 3. The van der Waals surface area contributed by atoms with Crippen molar-refractivity contribution in [3.63, 3.8) is 0 Å². The molecule has 0 aromatic heterocycles. The minimum absolute atomic E-state index is 0.204. The Kier molecular flexibility index (Phi) is 4.27. The number of hydrogen-bond acceptors (Lipinski definition) is 4. The van der Waals surface area contributed by atoms with Crippen molar-refractivity contribution >= 4 is 12.0 Å². The van der Waals surface area contributed by atoms with Crippen LogP contribution < -0.4 is 5.32 Å². The second-order valence-electron chi connectivity index (χ2n) is 6.36. The SMILES string of the molecule is C[C@@H]1CN(C(=O)NC2(C(=O)O)CC(O)(C(F)(F)F)C2)C[C@H](C)O1. The van der Waals surface area contributed by atoms with E-state index in [0.717, 1.165) is 0 Å². The van der Waals surface area contributed by atoms with Gasteiger partial charge in [0.25, 0.3) is 0 Å². The van der Waals surface area contributed by atoms with Crippen LogP contribution in [0, 0.1) is 0 Å². The van der Waals surface area contributed by atoms with Gasteiger partial charge in [-0.25, -0.2) is 9.59 Å². The molecule has 132 valence electrons. The molecule has 0 aromatic carbocycles. The Balaban J connectivity index is 2.07. The van der Waals surface area contributed by atoms with E-state index in [9.17, 15) is 33.0 Å². The van der Waals surface area contributed by atoms with Crippen molar-refractivity contribution in [1.82, 2.24) is 10.2 Å². The van der Waals surface area contributed by atoms with E-state index in [4.69, 9.17) is 4.74 Å². The number of carboxylic acid groups (broad SMARTS) is 1. The number of carbonyl (C=O) groups is 2. The molecule has 2 amide bonds. The van der Waals surface area contributed by atoms with Gasteiger partial charge < -0.3 is 25.2 Å². The summed E-state index contributed by atoms with van der Waals surface area (Å²) in [4.78, 5) is 24.8. The minimum atomic E-state index is -4.95. The van der Waals surface area contributed by atoms with E-state index in [1.807, 2.05) is 0 Å². The Labute approximate surface area is 130 Å². The van der Waals surface area contributed by atoms with Gasteiger partial charge in [0.05, 0.1) is 12.2 Å². The van der Waals surface area contributed by atoms with Crippen molar-refractivity contribution in [2.75, 3.05) is 13.1 Å². The summed E-state index contributed by atoms with van der Waals surface area (Å²) in [6.07, 6.45) is -7.70. The molecule has 2 rings (SSSR count). The van der Waals surface area contributed by atoms with Crippen LogP contribution in [0.1, 0.15) is 26.7 Å². The molecule has 1 saturated heterocycles. The Morgan fingerprint density at radius 2 is 1.70 bits per heavy atom. The monoisotopic (exact) mass is 340 g/mol. The first kappa shape index (κ1) is 17.8. The first-order chi connectivity index (χ1) is 10.4. The van der Waals surface area contributed by atoms with E-state index < -0.39 is 42.2 Å². The van der Waals surface area contributed by atoms with Crippen molar-refractivity contribution in [2.45, 2.75) is 56.2 Å². The number of rotatable bonds is 2. The fourth-order valence-electron chi connectivity index (χ4n) is 3.07. The molecule has 0 bridgehead atoms. The van der Waals surface area contributed by atoms with Crippen LogP contribution in [-0.4, -0.2) is 69.7 Å². The van der Waals surface area contributed by atoms with Crippen LogP contribution in [0.2, 0.25) is 0 Å². The second-order valence-corrected chi connectivity index (χ2v) is 6.36. The summed E-state index contributed by atoms with van der Waals surface area (Å²) in [7, 11) is 0. The van der Waals surface area contributed by atoms with Crippen LogP contribution in [-0.2, 0) is 9.53 Å². The number of carbonyl (C=O) groups excluding carboxylic acids is 1. The van der Waals surface area contributed by atoms with Crippen LogP contribution in [0.4, 0.5) is 18.0 Å². The van der Waals surface area contributed by atoms with Gasteiger partial charge in [-0.1, -0.05) is 0 Å². The molecule has 0 radical (unpaired) electrons. The van der Waals surface area contributed by atoms with E-state index >= 15 is 0 Å². The number of urea groups is 1. The largest absolute Gasteiger partial charge is 0.480 e. The van der Waals surface area contributed by atoms with Gasteiger partial charge in [0, 0.05) is 25.9 Å². The lowest BCUT2D eigenvalue weighted by Crippen LogP contribution is -2.74. The highest BCUT2D eigenvalue weighted by Gasteiger charge is 2.70. The molecule has 0 unspecified atom stereocenters. The number of ether oxygens (including phenoxy) is 1. The molecule has 1 saturated carbocycles. The number of nitrogens with zero attached hydrogens (tertiary/aromatic N) is 1. The zero-order valence-corrected chi connectivity index (χ0v) is 12.7. The van der Waals surface area contributed by atoms with Gasteiger partial charge >= 0.3 is 18.2 Å². The first-order valence-electron chi connectivity index (χ1n) is 7.14. The lowest BCUT2D eigenvalue weighted by atomic mass is 9.64. The molecule has 1 aliphatic carbocycles. The number of nitrogens with one attached hydrogen (secondary N) is 1. The maximum Gasteiger partial charge on any atom is 0.417 e. The average Bonchev–Trinajstić information content (AvgIpc) is 2.33. The van der Waals surface area contributed by atoms with Crippen LogP contribution in [0.3, 0.4) is 0 Å². The van der Waals surface area contributed by atoms with Gasteiger partial charge in [-0.15, -0.1) is 0 Å². The number of aliphatic hydroxyl groups is 1. The number of amides is 2. The predicted octanol–water partition coefficient (Wildman–Crippen LogP) is 0.716. The van der Waals surface area contributed by atoms with E-state index in [2.05, 4.69) is 5.32 Å². The third-order valence-corrected chi connectivity index (χ3v) is 4.18. The molecule has 3 N–H and O–H groups in total. The van der Waals surface area contributed by atoms with Gasteiger partial charge in [-0.2, -0.15) is 13.2 Å². The molecular formula is C13H19F3N2O5. The summed E-state index contributed by atoms with van der Waals surface area (Å²) >= 11 is 0. The quantitative estimate of drug-likeness (QED) is 0.688. The van der Waals surface area contributed by atoms with Gasteiger partial charge in [-0.05, 0) is 13.8 Å². The molecule has 0 aromatic rings. The van der Waals surface area contributed by atoms with Crippen molar-refractivity contribution in [1.29, 1.82) is 0 Å². The van der Waals surface area contributed by atoms with E-state index in [-0.39, 0.29) is 25.3 Å². The van der Waals surface area contributed by atoms with Crippen LogP contribution in [0.5, 0.6) is 0 Å². The fourth-order valence-corrected chi connectivity index (χ4v) is 3.07. The summed E-state index contributed by atoms with van der Waals surface area (Å²) in [6.45, 7) is 3.87. The molecule has 2 fully saturated rings. The molecule has 7 nitrogen and oxygen atoms in total. The van der Waals surface area contributed by atoms with Crippen molar-refractivity contribution < 1.29 is 37.7 Å². The summed E-state index contributed by atoms with van der Waals surface area (Å²) in [6, 6.07) is -0.779. The summed E-state index contributed by atoms with van der Waals surface area (Å²) < 4.78 is 43.5. The molecule has 23 heavy (non-hydrogen) atoms. The summed E-state index contributed by atoms with van der Waals surface area (Å²) in [5, 5.41) is 20.8. The van der Waals surface area contributed by atoms with Gasteiger partial charge in [0.2, 0.25) is 0 Å². The Morgan fingerprint density at radius 3 is 2.09 bits per heavy atom. The minimum Gasteiger partial charge on any atom is -0.480 e. The maximum atomic E-state index is 12.7. The third kappa shape index (κ3) is 3.23. The number of morpholine rings is 1. The highest BCUT2D eigenvalue weighted by Crippen LogP contribution is 2.51. The number of carboxylic acids is 1. The van der Waals surface area contributed by atoms with E-state index in [1.165, 1.54) is 4.90 Å². The predicted molar refractivity (Wildman–Crippen MR) is 70.7 cm³/mol. The zero-order chi connectivity index (χ0) is 17.6. The highest BCUT2D eigenvalue weighted by molar-refractivity contribution is 5.88. The Hall–Kier alpha value is -1.55. The standard InChI is InChI=1S/C13H19F3N2O5/c1-7-3-18(4-8(2)23-7)10(21)17-11(9(19)20)5-12(22,6-11)13(14,15)16/h7-8,22H,3-6H2,1-2H3,(H,17,21)(H,19,20)/t7-,8+,11?,12?. The summed E-state index contributed by atoms with van der Waals surface area (Å²) in [5.41, 5.74) is -5.21. The molecule has 2 atom stereocenters. The fraction of sp³-hybridized carbons (Fsp3) is 0.846. The van der Waals surface area contributed by atoms with Crippen LogP contribution >= 0.6 is 0 Å². The zero-order valence-electron chi connectivity index (χ0n) is 12.7. The second kappa shape index (κ2) is 5.52. The summed E-state index contributed by atoms with van der Waals surface area (Å²) in [5.74, 6) is -1.60. The lowest BCUT2D eigenvalue weighted by Gasteiger charge is -2.51. The van der Waals surface area contributed by atoms with Crippen LogP contribution in [0.25, 0.3) is 0 Å². The average molecular weight is 340 g/mol. The highest BCUT2D eigenvalue weighted by atomic mass is 19.4. The number of aliphatic carboxylic acids is 1. The van der Waals surface area contributed by atoms with Crippen LogP contribution in [0.15, 0.2) is 0 Å².